The number of rotatable bonds is 7. The maximum Gasteiger partial charge on any atom is 0.241 e. The van der Waals surface area contributed by atoms with E-state index in [0.29, 0.717) is 12.5 Å². The number of likely N-dealkylation sites (N-methyl/N-ethyl adjacent to an activating group) is 1. The lowest BCUT2D eigenvalue weighted by atomic mass is 10.1. The molecular weight excluding hydrogens is 451 g/mol. The van der Waals surface area contributed by atoms with Gasteiger partial charge in [-0.1, -0.05) is 60.2 Å². The van der Waals surface area contributed by atoms with Crippen LogP contribution < -0.4 is 10.6 Å². The molecule has 2 aromatic carbocycles. The third kappa shape index (κ3) is 8.90. The molecule has 0 heterocycles. The molecule has 146 valence electrons. The smallest absolute Gasteiger partial charge is 0.241 e. The number of carbonyl (C=O) groups is 1. The molecule has 0 spiro atoms. The summed E-state index contributed by atoms with van der Waals surface area (Å²) < 4.78 is 0. The molecule has 0 radical (unpaired) electrons. The average Bonchev–Trinajstić information content (AvgIpc) is 2.64. The molecule has 6 heteroatoms. The molecule has 0 aliphatic carbocycles. The summed E-state index contributed by atoms with van der Waals surface area (Å²) >= 11 is 0. The number of nitrogens with zero attached hydrogens (tertiary/aromatic N) is 2. The van der Waals surface area contributed by atoms with Gasteiger partial charge in [-0.05, 0) is 24.5 Å². The molecule has 0 aromatic heterocycles. The van der Waals surface area contributed by atoms with Crippen molar-refractivity contribution in [1.29, 1.82) is 0 Å². The van der Waals surface area contributed by atoms with Crippen molar-refractivity contribution in [2.24, 2.45) is 4.99 Å². The maximum absolute atomic E-state index is 11.8. The first kappa shape index (κ1) is 23.0. The minimum atomic E-state index is 0. The largest absolute Gasteiger partial charge is 0.356 e. The van der Waals surface area contributed by atoms with E-state index in [1.807, 2.05) is 24.3 Å². The second-order valence-electron chi connectivity index (χ2n) is 6.46. The Bertz CT molecular complexity index is 732. The van der Waals surface area contributed by atoms with Gasteiger partial charge in [0.15, 0.2) is 5.96 Å². The van der Waals surface area contributed by atoms with Crippen molar-refractivity contribution in [2.75, 3.05) is 27.2 Å². The topological polar surface area (TPSA) is 56.7 Å². The zero-order chi connectivity index (χ0) is 18.8. The highest BCUT2D eigenvalue weighted by molar-refractivity contribution is 14.0. The van der Waals surface area contributed by atoms with Crippen LogP contribution in [0.2, 0.25) is 0 Å². The standard InChI is InChI=1S/C21H28N4O.HI/c1-17-8-7-11-19(14-17)15-23-21(24-16-20(26)25(2)3)22-13-12-18-9-5-4-6-10-18;/h4-11,14H,12-13,15-16H2,1-3H3,(H2,22,23,24);1H. The van der Waals surface area contributed by atoms with Crippen LogP contribution in [0.25, 0.3) is 0 Å². The summed E-state index contributed by atoms with van der Waals surface area (Å²) in [4.78, 5) is 18.0. The first-order chi connectivity index (χ1) is 12.5. The van der Waals surface area contributed by atoms with E-state index in [9.17, 15) is 4.79 Å². The first-order valence-corrected chi connectivity index (χ1v) is 8.86. The number of hydrogen-bond acceptors (Lipinski definition) is 2. The van der Waals surface area contributed by atoms with E-state index < -0.39 is 0 Å². The number of guanidine groups is 1. The van der Waals surface area contributed by atoms with Gasteiger partial charge in [-0.25, -0.2) is 4.99 Å². The molecule has 0 saturated heterocycles. The number of aryl methyl sites for hydroxylation is 1. The summed E-state index contributed by atoms with van der Waals surface area (Å²) in [6.07, 6.45) is 0.896. The average molecular weight is 480 g/mol. The number of amides is 1. The molecule has 2 rings (SSSR count). The van der Waals surface area contributed by atoms with Gasteiger partial charge >= 0.3 is 0 Å². The molecule has 0 atom stereocenters. The van der Waals surface area contributed by atoms with E-state index in [2.05, 4.69) is 52.9 Å². The van der Waals surface area contributed by atoms with Crippen molar-refractivity contribution >= 4 is 35.8 Å². The Morgan fingerprint density at radius 3 is 2.37 bits per heavy atom. The minimum absolute atomic E-state index is 0. The van der Waals surface area contributed by atoms with E-state index in [4.69, 9.17) is 0 Å². The van der Waals surface area contributed by atoms with E-state index in [1.54, 1.807) is 19.0 Å². The predicted octanol–water partition coefficient (Wildman–Crippen LogP) is 2.98. The summed E-state index contributed by atoms with van der Waals surface area (Å²) in [7, 11) is 3.49. The monoisotopic (exact) mass is 480 g/mol. The molecule has 1 amide bonds. The third-order valence-electron chi connectivity index (χ3n) is 3.96. The van der Waals surface area contributed by atoms with E-state index in [-0.39, 0.29) is 36.4 Å². The van der Waals surface area contributed by atoms with Gasteiger partial charge in [-0.15, -0.1) is 24.0 Å². The molecule has 0 unspecified atom stereocenters. The van der Waals surface area contributed by atoms with E-state index in [0.717, 1.165) is 18.5 Å². The lowest BCUT2D eigenvalue weighted by Crippen LogP contribution is -2.43. The Morgan fingerprint density at radius 2 is 1.70 bits per heavy atom. The van der Waals surface area contributed by atoms with Crippen molar-refractivity contribution in [3.05, 3.63) is 71.3 Å². The third-order valence-corrected chi connectivity index (χ3v) is 3.96. The van der Waals surface area contributed by atoms with Crippen LogP contribution in [0.5, 0.6) is 0 Å². The predicted molar refractivity (Wildman–Crippen MR) is 123 cm³/mol. The Labute approximate surface area is 179 Å². The Hall–Kier alpha value is -2.09. The SMILES string of the molecule is Cc1cccc(CN=C(NCCc2ccccc2)NCC(=O)N(C)C)c1.I. The molecule has 2 aromatic rings. The van der Waals surface area contributed by atoms with Gasteiger partial charge in [0.25, 0.3) is 0 Å². The van der Waals surface area contributed by atoms with Crippen LogP contribution in [-0.2, 0) is 17.8 Å². The quantitative estimate of drug-likeness (QED) is 0.364. The van der Waals surface area contributed by atoms with Crippen LogP contribution in [0.1, 0.15) is 16.7 Å². The summed E-state index contributed by atoms with van der Waals surface area (Å²) in [5.41, 5.74) is 3.63. The van der Waals surface area contributed by atoms with Crippen LogP contribution in [0.3, 0.4) is 0 Å². The van der Waals surface area contributed by atoms with Gasteiger partial charge in [0.2, 0.25) is 5.91 Å². The van der Waals surface area contributed by atoms with Gasteiger partial charge < -0.3 is 15.5 Å². The van der Waals surface area contributed by atoms with Crippen molar-refractivity contribution < 1.29 is 4.79 Å². The Balaban J connectivity index is 0.00000364. The number of halogens is 1. The molecule has 0 aliphatic heterocycles. The second-order valence-corrected chi connectivity index (χ2v) is 6.46. The highest BCUT2D eigenvalue weighted by atomic mass is 127. The minimum Gasteiger partial charge on any atom is -0.356 e. The number of nitrogens with one attached hydrogen (secondary N) is 2. The fourth-order valence-electron chi connectivity index (χ4n) is 2.44. The van der Waals surface area contributed by atoms with Gasteiger partial charge in [0.1, 0.15) is 0 Å². The zero-order valence-electron chi connectivity index (χ0n) is 16.2. The molecule has 0 aliphatic rings. The lowest BCUT2D eigenvalue weighted by molar-refractivity contribution is -0.127. The molecule has 0 saturated carbocycles. The molecule has 0 bridgehead atoms. The number of hydrogen-bond donors (Lipinski definition) is 2. The molecule has 0 fully saturated rings. The van der Waals surface area contributed by atoms with E-state index >= 15 is 0 Å². The maximum atomic E-state index is 11.8. The van der Waals surface area contributed by atoms with Gasteiger partial charge in [-0.2, -0.15) is 0 Å². The molecule has 27 heavy (non-hydrogen) atoms. The molecule has 5 nitrogen and oxygen atoms in total. The fourth-order valence-corrected chi connectivity index (χ4v) is 2.44. The summed E-state index contributed by atoms with van der Waals surface area (Å²) in [6.45, 7) is 3.61. The number of aliphatic imine (C=N–C) groups is 1. The number of carbonyl (C=O) groups excluding carboxylic acids is 1. The highest BCUT2D eigenvalue weighted by Gasteiger charge is 2.06. The Kier molecular flexibility index (Phi) is 10.5. The normalized spacial score (nSPS) is 10.7. The van der Waals surface area contributed by atoms with Crippen molar-refractivity contribution in [1.82, 2.24) is 15.5 Å². The van der Waals surface area contributed by atoms with Crippen LogP contribution in [0.4, 0.5) is 0 Å². The highest BCUT2D eigenvalue weighted by Crippen LogP contribution is 2.05. The van der Waals surface area contributed by atoms with Gasteiger partial charge in [0.05, 0.1) is 13.1 Å². The second kappa shape index (κ2) is 12.3. The first-order valence-electron chi connectivity index (χ1n) is 8.86. The van der Waals surface area contributed by atoms with Crippen LogP contribution >= 0.6 is 24.0 Å². The molecule has 2 N–H and O–H groups in total. The summed E-state index contributed by atoms with van der Waals surface area (Å²) in [6, 6.07) is 18.6. The summed E-state index contributed by atoms with van der Waals surface area (Å²) in [5, 5.41) is 6.44. The lowest BCUT2D eigenvalue weighted by Gasteiger charge is -2.15. The van der Waals surface area contributed by atoms with Crippen LogP contribution in [0.15, 0.2) is 59.6 Å². The Morgan fingerprint density at radius 1 is 1.00 bits per heavy atom. The number of benzene rings is 2. The van der Waals surface area contributed by atoms with Crippen molar-refractivity contribution in [2.45, 2.75) is 19.9 Å². The van der Waals surface area contributed by atoms with E-state index in [1.165, 1.54) is 11.1 Å². The van der Waals surface area contributed by atoms with Gasteiger partial charge in [-0.3, -0.25) is 4.79 Å². The van der Waals surface area contributed by atoms with Gasteiger partial charge in [0, 0.05) is 20.6 Å². The summed E-state index contributed by atoms with van der Waals surface area (Å²) in [5.74, 6) is 0.663. The molecular formula is C21H29IN4O. The zero-order valence-corrected chi connectivity index (χ0v) is 18.6. The fraction of sp³-hybridized carbons (Fsp3) is 0.333. The van der Waals surface area contributed by atoms with Crippen molar-refractivity contribution in [3.63, 3.8) is 0 Å². The van der Waals surface area contributed by atoms with Crippen LogP contribution in [-0.4, -0.2) is 44.0 Å². The van der Waals surface area contributed by atoms with Crippen LogP contribution in [0, 0.1) is 6.92 Å². The van der Waals surface area contributed by atoms with Crippen molar-refractivity contribution in [3.8, 4) is 0 Å².